The Morgan fingerprint density at radius 3 is 2.56 bits per heavy atom. The van der Waals surface area contributed by atoms with Crippen LogP contribution in [0, 0.1) is 5.92 Å². The molecule has 1 aromatic carbocycles. The number of halogens is 1. The zero-order valence-electron chi connectivity index (χ0n) is 17.8. The summed E-state index contributed by atoms with van der Waals surface area (Å²) in [5.74, 6) is 1.01. The molecule has 0 amide bonds. The normalized spacial score (nSPS) is 25.0. The number of rotatable bonds is 10. The minimum atomic E-state index is -0.722. The standard InChI is InChI=1S/C23H39FN2O/c1-6-17(5)18-8-9-20(21(12-18)25-7-2)22(27)15-26-23(13-16(3)4)11-10-19(24)14-23/h8-9,12,16-17,19,22,25-27H,6-7,10-11,13-15H2,1-5H3. The number of benzene rings is 1. The third kappa shape index (κ3) is 5.92. The van der Waals surface area contributed by atoms with Crippen molar-refractivity contribution in [3.8, 4) is 0 Å². The van der Waals surface area contributed by atoms with Crippen LogP contribution in [0.25, 0.3) is 0 Å². The third-order valence-corrected chi connectivity index (χ3v) is 6.00. The Kier molecular flexibility index (Phi) is 8.11. The molecule has 1 aromatic rings. The second-order valence-electron chi connectivity index (χ2n) is 8.80. The van der Waals surface area contributed by atoms with Crippen molar-refractivity contribution in [3.63, 3.8) is 0 Å². The molecular formula is C23H39FN2O. The van der Waals surface area contributed by atoms with E-state index in [1.54, 1.807) is 0 Å². The molecule has 0 bridgehead atoms. The van der Waals surface area contributed by atoms with Crippen molar-refractivity contribution in [3.05, 3.63) is 29.3 Å². The Bertz CT molecular complexity index is 592. The average molecular weight is 379 g/mol. The van der Waals surface area contributed by atoms with Crippen molar-refractivity contribution in [1.82, 2.24) is 5.32 Å². The molecule has 1 saturated carbocycles. The molecule has 4 atom stereocenters. The Morgan fingerprint density at radius 2 is 2.00 bits per heavy atom. The molecular weight excluding hydrogens is 339 g/mol. The Hall–Kier alpha value is -1.13. The summed E-state index contributed by atoms with van der Waals surface area (Å²) >= 11 is 0. The Labute approximate surface area is 165 Å². The van der Waals surface area contributed by atoms with Crippen LogP contribution >= 0.6 is 0 Å². The molecule has 0 radical (unpaired) electrons. The van der Waals surface area contributed by atoms with Crippen LogP contribution in [0.15, 0.2) is 18.2 Å². The van der Waals surface area contributed by atoms with Crippen LogP contribution in [0.4, 0.5) is 10.1 Å². The molecule has 3 nitrogen and oxygen atoms in total. The average Bonchev–Trinajstić information content (AvgIpc) is 2.99. The summed E-state index contributed by atoms with van der Waals surface area (Å²) in [4.78, 5) is 0. The minimum Gasteiger partial charge on any atom is -0.387 e. The predicted molar refractivity (Wildman–Crippen MR) is 113 cm³/mol. The number of β-amino-alcohol motifs (C(OH)–C–C–N with tert-alkyl or cyclic N) is 1. The molecule has 27 heavy (non-hydrogen) atoms. The van der Waals surface area contributed by atoms with Crippen molar-refractivity contribution in [1.29, 1.82) is 0 Å². The van der Waals surface area contributed by atoms with Crippen LogP contribution in [0.2, 0.25) is 0 Å². The van der Waals surface area contributed by atoms with Gasteiger partial charge in [-0.25, -0.2) is 4.39 Å². The third-order valence-electron chi connectivity index (χ3n) is 6.00. The molecule has 2 rings (SSSR count). The highest BCUT2D eigenvalue weighted by molar-refractivity contribution is 5.55. The van der Waals surface area contributed by atoms with Crippen molar-refractivity contribution in [2.24, 2.45) is 5.92 Å². The van der Waals surface area contributed by atoms with Crippen LogP contribution in [-0.2, 0) is 0 Å². The summed E-state index contributed by atoms with van der Waals surface area (Å²) in [5, 5.41) is 17.9. The SMILES string of the molecule is CCNc1cc(C(C)CC)ccc1C(O)CNC1(CC(C)C)CCC(F)C1. The van der Waals surface area contributed by atoms with E-state index in [1.165, 1.54) is 5.56 Å². The minimum absolute atomic E-state index is 0.177. The first kappa shape index (κ1) is 22.2. The summed E-state index contributed by atoms with van der Waals surface area (Å²) in [6.45, 7) is 12.1. The lowest BCUT2D eigenvalue weighted by Gasteiger charge is -2.33. The molecule has 1 fully saturated rings. The van der Waals surface area contributed by atoms with Gasteiger partial charge in [-0.15, -0.1) is 0 Å². The molecule has 4 heteroatoms. The van der Waals surface area contributed by atoms with Gasteiger partial charge in [-0.05, 0) is 62.5 Å². The van der Waals surface area contributed by atoms with Gasteiger partial charge in [0.2, 0.25) is 0 Å². The zero-order chi connectivity index (χ0) is 20.0. The van der Waals surface area contributed by atoms with Gasteiger partial charge in [-0.3, -0.25) is 0 Å². The van der Waals surface area contributed by atoms with E-state index in [4.69, 9.17) is 0 Å². The van der Waals surface area contributed by atoms with E-state index >= 15 is 0 Å². The van der Waals surface area contributed by atoms with E-state index in [9.17, 15) is 9.50 Å². The number of hydrogen-bond donors (Lipinski definition) is 3. The highest BCUT2D eigenvalue weighted by Gasteiger charge is 2.39. The number of aliphatic hydroxyl groups excluding tert-OH is 1. The van der Waals surface area contributed by atoms with Crippen molar-refractivity contribution in [2.45, 2.75) is 90.5 Å². The lowest BCUT2D eigenvalue weighted by atomic mass is 9.86. The molecule has 0 heterocycles. The van der Waals surface area contributed by atoms with Crippen molar-refractivity contribution < 1.29 is 9.50 Å². The van der Waals surface area contributed by atoms with Gasteiger partial charge in [0.25, 0.3) is 0 Å². The number of hydrogen-bond acceptors (Lipinski definition) is 3. The molecule has 154 valence electrons. The second-order valence-corrected chi connectivity index (χ2v) is 8.80. The Morgan fingerprint density at radius 1 is 1.26 bits per heavy atom. The summed E-state index contributed by atoms with van der Waals surface area (Å²) in [5.41, 5.74) is 3.05. The monoisotopic (exact) mass is 378 g/mol. The maximum atomic E-state index is 13.9. The second kappa shape index (κ2) is 9.88. The van der Waals surface area contributed by atoms with Crippen LogP contribution in [-0.4, -0.2) is 29.9 Å². The lowest BCUT2D eigenvalue weighted by Crippen LogP contribution is -2.46. The fourth-order valence-corrected chi connectivity index (χ4v) is 4.43. The first-order chi connectivity index (χ1) is 12.8. The van der Waals surface area contributed by atoms with Crippen molar-refractivity contribution >= 4 is 5.69 Å². The number of nitrogens with one attached hydrogen (secondary N) is 2. The summed E-state index contributed by atoms with van der Waals surface area (Å²) in [7, 11) is 0. The topological polar surface area (TPSA) is 44.3 Å². The quantitative estimate of drug-likeness (QED) is 0.499. The number of anilines is 1. The van der Waals surface area contributed by atoms with Gasteiger partial charge in [-0.1, -0.05) is 39.8 Å². The van der Waals surface area contributed by atoms with Gasteiger partial charge in [0.15, 0.2) is 0 Å². The molecule has 0 spiro atoms. The summed E-state index contributed by atoms with van der Waals surface area (Å²) in [6.07, 6.45) is 2.76. The Balaban J connectivity index is 2.12. The smallest absolute Gasteiger partial charge is 0.102 e. The maximum Gasteiger partial charge on any atom is 0.102 e. The zero-order valence-corrected chi connectivity index (χ0v) is 17.8. The first-order valence-corrected chi connectivity index (χ1v) is 10.7. The van der Waals surface area contributed by atoms with Gasteiger partial charge >= 0.3 is 0 Å². The van der Waals surface area contributed by atoms with Gasteiger partial charge in [0.05, 0.1) is 6.10 Å². The van der Waals surface area contributed by atoms with Gasteiger partial charge in [-0.2, -0.15) is 0 Å². The van der Waals surface area contributed by atoms with E-state index in [-0.39, 0.29) is 5.54 Å². The van der Waals surface area contributed by atoms with E-state index in [0.717, 1.165) is 37.1 Å². The van der Waals surface area contributed by atoms with Gasteiger partial charge in [0, 0.05) is 29.9 Å². The molecule has 0 aliphatic heterocycles. The van der Waals surface area contributed by atoms with Crippen LogP contribution in [0.5, 0.6) is 0 Å². The van der Waals surface area contributed by atoms with E-state index < -0.39 is 12.3 Å². The highest BCUT2D eigenvalue weighted by Crippen LogP contribution is 2.37. The maximum absolute atomic E-state index is 13.9. The largest absolute Gasteiger partial charge is 0.387 e. The molecule has 0 aromatic heterocycles. The van der Waals surface area contributed by atoms with Gasteiger partial charge < -0.3 is 15.7 Å². The fraction of sp³-hybridized carbons (Fsp3) is 0.739. The van der Waals surface area contributed by atoms with Crippen molar-refractivity contribution in [2.75, 3.05) is 18.4 Å². The van der Waals surface area contributed by atoms with E-state index in [2.05, 4.69) is 57.4 Å². The van der Waals surface area contributed by atoms with E-state index in [0.29, 0.717) is 31.2 Å². The molecule has 3 N–H and O–H groups in total. The van der Waals surface area contributed by atoms with Crippen LogP contribution < -0.4 is 10.6 Å². The number of alkyl halides is 1. The molecule has 4 unspecified atom stereocenters. The molecule has 1 aliphatic rings. The first-order valence-electron chi connectivity index (χ1n) is 10.7. The summed E-state index contributed by atoms with van der Waals surface area (Å²) in [6, 6.07) is 6.35. The van der Waals surface area contributed by atoms with E-state index in [1.807, 2.05) is 6.07 Å². The number of aliphatic hydroxyl groups is 1. The predicted octanol–water partition coefficient (Wildman–Crippen LogP) is 5.56. The summed E-state index contributed by atoms with van der Waals surface area (Å²) < 4.78 is 13.9. The van der Waals surface area contributed by atoms with Crippen LogP contribution in [0.3, 0.4) is 0 Å². The van der Waals surface area contributed by atoms with Crippen LogP contribution in [0.1, 0.15) is 89.9 Å². The molecule has 0 saturated heterocycles. The fourth-order valence-electron chi connectivity index (χ4n) is 4.43. The molecule has 1 aliphatic carbocycles. The highest BCUT2D eigenvalue weighted by atomic mass is 19.1. The lowest BCUT2D eigenvalue weighted by molar-refractivity contribution is 0.146. The van der Waals surface area contributed by atoms with Gasteiger partial charge in [0.1, 0.15) is 6.17 Å².